The van der Waals surface area contributed by atoms with E-state index in [9.17, 15) is 0 Å². The summed E-state index contributed by atoms with van der Waals surface area (Å²) in [5.74, 6) is 0. The van der Waals surface area contributed by atoms with Crippen LogP contribution in [0.15, 0.2) is 12.3 Å². The molecule has 1 rings (SSSR count). The molecular formula is C10H19N3. The summed E-state index contributed by atoms with van der Waals surface area (Å²) in [5, 5.41) is 4.32. The van der Waals surface area contributed by atoms with Crippen molar-refractivity contribution < 1.29 is 0 Å². The first-order chi connectivity index (χ1) is 6.33. The first kappa shape index (κ1) is 10.3. The Kier molecular flexibility index (Phi) is 4.54. The van der Waals surface area contributed by atoms with Crippen molar-refractivity contribution in [2.45, 2.75) is 39.2 Å². The van der Waals surface area contributed by atoms with Crippen molar-refractivity contribution >= 4 is 0 Å². The SMILES string of the molecule is Cc1ccn(CCCCCCN)n1. The van der Waals surface area contributed by atoms with Crippen LogP contribution in [0.1, 0.15) is 31.4 Å². The van der Waals surface area contributed by atoms with Crippen molar-refractivity contribution in [1.82, 2.24) is 9.78 Å². The average Bonchev–Trinajstić information content (AvgIpc) is 2.51. The topological polar surface area (TPSA) is 43.8 Å². The maximum absolute atomic E-state index is 5.41. The van der Waals surface area contributed by atoms with Crippen molar-refractivity contribution in [2.75, 3.05) is 6.54 Å². The molecule has 1 aromatic heterocycles. The number of nitrogens with two attached hydrogens (primary N) is 1. The Morgan fingerprint density at radius 1 is 1.31 bits per heavy atom. The number of hydrogen-bond acceptors (Lipinski definition) is 2. The quantitative estimate of drug-likeness (QED) is 0.679. The Labute approximate surface area is 79.9 Å². The fourth-order valence-corrected chi connectivity index (χ4v) is 1.36. The molecular weight excluding hydrogens is 162 g/mol. The Balaban J connectivity index is 2.06. The van der Waals surface area contributed by atoms with E-state index in [-0.39, 0.29) is 0 Å². The highest BCUT2D eigenvalue weighted by Gasteiger charge is 1.93. The largest absolute Gasteiger partial charge is 0.330 e. The zero-order valence-corrected chi connectivity index (χ0v) is 8.37. The number of aryl methyl sites for hydroxylation is 2. The van der Waals surface area contributed by atoms with Gasteiger partial charge in [-0.3, -0.25) is 4.68 Å². The predicted molar refractivity (Wildman–Crippen MR) is 54.5 cm³/mol. The molecule has 0 unspecified atom stereocenters. The molecule has 0 aromatic carbocycles. The van der Waals surface area contributed by atoms with Gasteiger partial charge in [0, 0.05) is 12.7 Å². The van der Waals surface area contributed by atoms with E-state index in [0.717, 1.165) is 25.2 Å². The zero-order valence-electron chi connectivity index (χ0n) is 8.37. The number of unbranched alkanes of at least 4 members (excludes halogenated alkanes) is 3. The highest BCUT2D eigenvalue weighted by Crippen LogP contribution is 2.01. The van der Waals surface area contributed by atoms with Gasteiger partial charge in [0.2, 0.25) is 0 Å². The molecule has 0 saturated carbocycles. The molecule has 0 saturated heterocycles. The summed E-state index contributed by atoms with van der Waals surface area (Å²) in [6.45, 7) is 3.88. The van der Waals surface area contributed by atoms with Crippen molar-refractivity contribution in [1.29, 1.82) is 0 Å². The van der Waals surface area contributed by atoms with E-state index < -0.39 is 0 Å². The van der Waals surface area contributed by atoms with Crippen molar-refractivity contribution in [2.24, 2.45) is 5.73 Å². The molecule has 1 heterocycles. The van der Waals surface area contributed by atoms with Crippen LogP contribution in [0, 0.1) is 6.92 Å². The summed E-state index contributed by atoms with van der Waals surface area (Å²) in [6, 6.07) is 2.04. The van der Waals surface area contributed by atoms with Crippen molar-refractivity contribution in [3.63, 3.8) is 0 Å². The van der Waals surface area contributed by atoms with E-state index in [1.165, 1.54) is 19.3 Å². The van der Waals surface area contributed by atoms with Gasteiger partial charge in [-0.1, -0.05) is 12.8 Å². The van der Waals surface area contributed by atoms with Gasteiger partial charge in [0.05, 0.1) is 5.69 Å². The van der Waals surface area contributed by atoms with E-state index in [4.69, 9.17) is 5.73 Å². The summed E-state index contributed by atoms with van der Waals surface area (Å²) in [4.78, 5) is 0. The van der Waals surface area contributed by atoms with Gasteiger partial charge in [-0.05, 0) is 32.4 Å². The Bertz CT molecular complexity index is 230. The van der Waals surface area contributed by atoms with E-state index >= 15 is 0 Å². The van der Waals surface area contributed by atoms with Gasteiger partial charge in [-0.2, -0.15) is 5.10 Å². The lowest BCUT2D eigenvalue weighted by molar-refractivity contribution is 0.535. The van der Waals surface area contributed by atoms with E-state index in [0.29, 0.717) is 0 Å². The number of aromatic nitrogens is 2. The van der Waals surface area contributed by atoms with E-state index in [2.05, 4.69) is 5.10 Å². The molecule has 0 aliphatic heterocycles. The van der Waals surface area contributed by atoms with Gasteiger partial charge in [0.1, 0.15) is 0 Å². The first-order valence-electron chi connectivity index (χ1n) is 5.03. The second kappa shape index (κ2) is 5.75. The monoisotopic (exact) mass is 181 g/mol. The summed E-state index contributed by atoms with van der Waals surface area (Å²) in [6.07, 6.45) is 6.91. The van der Waals surface area contributed by atoms with Crippen molar-refractivity contribution in [3.8, 4) is 0 Å². The Hall–Kier alpha value is -0.830. The molecule has 0 aliphatic carbocycles. The van der Waals surface area contributed by atoms with Crippen LogP contribution >= 0.6 is 0 Å². The van der Waals surface area contributed by atoms with Gasteiger partial charge in [-0.15, -0.1) is 0 Å². The maximum atomic E-state index is 5.41. The van der Waals surface area contributed by atoms with E-state index in [1.807, 2.05) is 23.9 Å². The van der Waals surface area contributed by atoms with Crippen LogP contribution in [0.5, 0.6) is 0 Å². The second-order valence-corrected chi connectivity index (χ2v) is 3.42. The molecule has 74 valence electrons. The molecule has 0 amide bonds. The molecule has 0 radical (unpaired) electrons. The molecule has 0 fully saturated rings. The number of rotatable bonds is 6. The Morgan fingerprint density at radius 3 is 2.69 bits per heavy atom. The molecule has 2 N–H and O–H groups in total. The normalized spacial score (nSPS) is 10.6. The minimum absolute atomic E-state index is 0.820. The molecule has 13 heavy (non-hydrogen) atoms. The molecule has 1 aromatic rings. The highest BCUT2D eigenvalue weighted by molar-refractivity contribution is 4.94. The van der Waals surface area contributed by atoms with Gasteiger partial charge in [0.25, 0.3) is 0 Å². The summed E-state index contributed by atoms with van der Waals surface area (Å²) in [5.41, 5.74) is 6.51. The highest BCUT2D eigenvalue weighted by atomic mass is 15.3. The summed E-state index contributed by atoms with van der Waals surface area (Å²) in [7, 11) is 0. The van der Waals surface area contributed by atoms with Gasteiger partial charge in [-0.25, -0.2) is 0 Å². The third kappa shape index (κ3) is 4.08. The lowest BCUT2D eigenvalue weighted by atomic mass is 10.2. The van der Waals surface area contributed by atoms with Gasteiger partial charge in [0.15, 0.2) is 0 Å². The van der Waals surface area contributed by atoms with E-state index in [1.54, 1.807) is 0 Å². The van der Waals surface area contributed by atoms with Crippen LogP contribution < -0.4 is 5.73 Å². The van der Waals surface area contributed by atoms with Gasteiger partial charge >= 0.3 is 0 Å². The molecule has 0 atom stereocenters. The van der Waals surface area contributed by atoms with Gasteiger partial charge < -0.3 is 5.73 Å². The zero-order chi connectivity index (χ0) is 9.52. The third-order valence-corrected chi connectivity index (χ3v) is 2.12. The molecule has 0 aliphatic rings. The third-order valence-electron chi connectivity index (χ3n) is 2.12. The fraction of sp³-hybridized carbons (Fsp3) is 0.700. The van der Waals surface area contributed by atoms with Crippen LogP contribution in [-0.4, -0.2) is 16.3 Å². The average molecular weight is 181 g/mol. The van der Waals surface area contributed by atoms with Crippen molar-refractivity contribution in [3.05, 3.63) is 18.0 Å². The lowest BCUT2D eigenvalue weighted by Crippen LogP contribution is -2.00. The fourth-order valence-electron chi connectivity index (χ4n) is 1.36. The predicted octanol–water partition coefficient (Wildman–Crippen LogP) is 1.71. The summed E-state index contributed by atoms with van der Waals surface area (Å²) < 4.78 is 2.01. The van der Waals surface area contributed by atoms with Crippen LogP contribution in [0.4, 0.5) is 0 Å². The van der Waals surface area contributed by atoms with Crippen LogP contribution in [0.3, 0.4) is 0 Å². The van der Waals surface area contributed by atoms with Crippen LogP contribution in [-0.2, 0) is 6.54 Å². The smallest absolute Gasteiger partial charge is 0.0593 e. The standard InChI is InChI=1S/C10H19N3/c1-10-6-9-13(12-10)8-5-3-2-4-7-11/h6,9H,2-5,7-8,11H2,1H3. The number of hydrogen-bond donors (Lipinski definition) is 1. The van der Waals surface area contributed by atoms with Crippen LogP contribution in [0.2, 0.25) is 0 Å². The minimum Gasteiger partial charge on any atom is -0.330 e. The minimum atomic E-state index is 0.820. The molecule has 0 spiro atoms. The lowest BCUT2D eigenvalue weighted by Gasteiger charge is -2.00. The second-order valence-electron chi connectivity index (χ2n) is 3.42. The Morgan fingerprint density at radius 2 is 2.08 bits per heavy atom. The first-order valence-corrected chi connectivity index (χ1v) is 5.03. The molecule has 3 nitrogen and oxygen atoms in total. The summed E-state index contributed by atoms with van der Waals surface area (Å²) >= 11 is 0. The number of nitrogens with zero attached hydrogens (tertiary/aromatic N) is 2. The maximum Gasteiger partial charge on any atom is 0.0593 e. The van der Waals surface area contributed by atoms with Crippen LogP contribution in [0.25, 0.3) is 0 Å². The molecule has 3 heteroatoms. The molecule has 0 bridgehead atoms.